The van der Waals surface area contributed by atoms with Gasteiger partial charge in [-0.15, -0.1) is 0 Å². The number of benzene rings is 18. The number of furan rings is 4. The number of para-hydroxylation sites is 6. The molecule has 6 aromatic heterocycles. The van der Waals surface area contributed by atoms with E-state index in [1.54, 1.807) is 0 Å². The van der Waals surface area contributed by atoms with Crippen molar-refractivity contribution < 1.29 is 17.7 Å². The summed E-state index contributed by atoms with van der Waals surface area (Å²) in [5, 5.41) is 8.69. The van der Waals surface area contributed by atoms with Crippen molar-refractivity contribution in [2.45, 2.75) is 38.5 Å². The van der Waals surface area contributed by atoms with Gasteiger partial charge >= 0.3 is 0 Å². The molecule has 2 aliphatic rings. The molecule has 0 bridgehead atoms. The van der Waals surface area contributed by atoms with Crippen LogP contribution >= 0.6 is 0 Å². The number of hydrogen-bond acceptors (Lipinski definition) is 8. The molecule has 26 rings (SSSR count). The van der Waals surface area contributed by atoms with Crippen LogP contribution in [0.15, 0.2) is 430 Å². The Labute approximate surface area is 750 Å². The third-order valence-electron chi connectivity index (χ3n) is 27.0. The molecule has 0 atom stereocenters. The van der Waals surface area contributed by atoms with E-state index in [9.17, 15) is 0 Å². The van der Waals surface area contributed by atoms with Crippen molar-refractivity contribution in [1.82, 2.24) is 19.9 Å². The molecule has 8 nitrogen and oxygen atoms in total. The lowest BCUT2D eigenvalue weighted by Crippen LogP contribution is -2.14. The van der Waals surface area contributed by atoms with Crippen LogP contribution in [-0.2, 0) is 10.8 Å². The molecule has 0 unspecified atom stereocenters. The van der Waals surface area contributed by atoms with Gasteiger partial charge in [-0.3, -0.25) is 0 Å². The zero-order chi connectivity index (χ0) is 86.5. The second-order valence-corrected chi connectivity index (χ2v) is 35.5. The Morgan fingerprint density at radius 1 is 0.162 bits per heavy atom. The summed E-state index contributed by atoms with van der Waals surface area (Å²) < 4.78 is 25.8. The number of aromatic nitrogens is 4. The lowest BCUT2D eigenvalue weighted by Gasteiger charge is -2.22. The summed E-state index contributed by atoms with van der Waals surface area (Å²) in [6.45, 7) is 9.33. The molecule has 24 aromatic rings. The van der Waals surface area contributed by atoms with Crippen molar-refractivity contribution in [3.8, 4) is 157 Å². The van der Waals surface area contributed by atoms with E-state index in [2.05, 4.69) is 380 Å². The molecule has 8 heteroatoms. The molecule has 0 saturated carbocycles. The monoisotopic (exact) mass is 1660 g/mol. The largest absolute Gasteiger partial charge is 0.456 e. The quantitative estimate of drug-likeness (QED) is 0.119. The van der Waals surface area contributed by atoms with E-state index in [-0.39, 0.29) is 10.8 Å². The average Bonchev–Trinajstić information content (AvgIpc) is 1.58. The predicted octanol–water partition coefficient (Wildman–Crippen LogP) is 33.2. The number of rotatable bonds is 12. The van der Waals surface area contributed by atoms with Crippen LogP contribution in [0, 0.1) is 0 Å². The minimum atomic E-state index is -0.0681. The van der Waals surface area contributed by atoms with Crippen molar-refractivity contribution in [2.75, 3.05) is 0 Å². The number of hydrogen-bond donors (Lipinski definition) is 0. The Hall–Kier alpha value is -16.7. The summed E-state index contributed by atoms with van der Waals surface area (Å²) >= 11 is 0. The van der Waals surface area contributed by atoms with Gasteiger partial charge in [0.2, 0.25) is 0 Å². The second-order valence-electron chi connectivity index (χ2n) is 35.5. The van der Waals surface area contributed by atoms with Crippen LogP contribution in [0.3, 0.4) is 0 Å². The minimum absolute atomic E-state index is 0.0645. The molecular formula is C122H80N4O4. The van der Waals surface area contributed by atoms with Gasteiger partial charge in [-0.2, -0.15) is 0 Å². The van der Waals surface area contributed by atoms with Crippen molar-refractivity contribution >= 4 is 87.8 Å². The normalized spacial score (nSPS) is 12.9. The molecule has 0 N–H and O–H groups in total. The molecule has 18 aromatic carbocycles. The van der Waals surface area contributed by atoms with Crippen LogP contribution in [0.2, 0.25) is 0 Å². The van der Waals surface area contributed by atoms with E-state index in [0.29, 0.717) is 11.6 Å². The van der Waals surface area contributed by atoms with Crippen LogP contribution in [0.1, 0.15) is 49.9 Å². The van der Waals surface area contributed by atoms with Crippen LogP contribution in [-0.4, -0.2) is 19.9 Å². The molecule has 6 heterocycles. The molecule has 2 aliphatic carbocycles. The van der Waals surface area contributed by atoms with Gasteiger partial charge in [-0.1, -0.05) is 331 Å². The maximum absolute atomic E-state index is 6.63. The van der Waals surface area contributed by atoms with Gasteiger partial charge < -0.3 is 17.7 Å². The molecular weight excluding hydrogens is 1590 g/mol. The Kier molecular flexibility index (Phi) is 17.5. The van der Waals surface area contributed by atoms with Crippen LogP contribution in [0.4, 0.5) is 0 Å². The predicted molar refractivity (Wildman–Crippen MR) is 534 cm³/mol. The lowest BCUT2D eigenvalue weighted by molar-refractivity contribution is 0.660. The first-order chi connectivity index (χ1) is 63.8. The van der Waals surface area contributed by atoms with E-state index in [1.807, 2.05) is 60.7 Å². The summed E-state index contributed by atoms with van der Waals surface area (Å²) in [7, 11) is 0. The minimum Gasteiger partial charge on any atom is -0.456 e. The van der Waals surface area contributed by atoms with Gasteiger partial charge in [-0.05, 0) is 209 Å². The maximum atomic E-state index is 6.63. The van der Waals surface area contributed by atoms with Crippen LogP contribution in [0.5, 0.6) is 0 Å². The maximum Gasteiger partial charge on any atom is 0.160 e. The highest BCUT2D eigenvalue weighted by atomic mass is 16.3. The van der Waals surface area contributed by atoms with Gasteiger partial charge in [0.25, 0.3) is 0 Å². The molecule has 0 aliphatic heterocycles. The van der Waals surface area contributed by atoms with Gasteiger partial charge in [0.1, 0.15) is 44.7 Å². The number of nitrogens with zero attached hydrogens (tertiary/aromatic N) is 4. The zero-order valence-electron chi connectivity index (χ0n) is 71.7. The van der Waals surface area contributed by atoms with Crippen molar-refractivity contribution in [3.63, 3.8) is 0 Å². The van der Waals surface area contributed by atoms with E-state index < -0.39 is 0 Å². The standard InChI is InChI=1S/2C61H40N2O2/c1-61(2)52-23-9-6-16-46(52)47-31-30-40(35-53(47)61)37-26-28-39(29-27-37)55-36-54(38-14-4-3-5-15-38)62-60(63-55)43-33-41(44-19-12-21-50-48-17-7-10-24-56(48)64-58(44)50)32-42(34-43)45-20-13-22-51-49-18-8-11-25-57(49)65-59(45)51;1-61(2)52-17-9-6-14-46(52)47-27-24-42(35-53(47)61)37-20-22-39(23-21-37)55-36-54(38-12-4-3-5-13-38)62-60(63-55)45-31-43(40-25-28-58-50(33-40)48-15-7-10-18-56(48)64-58)30-44(32-45)41-26-29-59-51(34-41)49-16-8-11-19-57(49)65-59/h2*3-36H,1-2H3. The van der Waals surface area contributed by atoms with Crippen LogP contribution in [0.25, 0.3) is 245 Å². The first-order valence-electron chi connectivity index (χ1n) is 44.4. The fourth-order valence-corrected chi connectivity index (χ4v) is 20.3. The molecule has 0 spiro atoms. The van der Waals surface area contributed by atoms with E-state index in [0.717, 1.165) is 194 Å². The first-order valence-corrected chi connectivity index (χ1v) is 44.4. The van der Waals surface area contributed by atoms with Crippen LogP contribution < -0.4 is 0 Å². The van der Waals surface area contributed by atoms with Gasteiger partial charge in [-0.25, -0.2) is 19.9 Å². The van der Waals surface area contributed by atoms with Gasteiger partial charge in [0, 0.05) is 98.4 Å². The zero-order valence-corrected chi connectivity index (χ0v) is 71.7. The Balaban J connectivity index is 0.000000140. The van der Waals surface area contributed by atoms with E-state index >= 15 is 0 Å². The summed E-state index contributed by atoms with van der Waals surface area (Å²) in [6, 6.07) is 146. The van der Waals surface area contributed by atoms with Crippen molar-refractivity contribution in [1.29, 1.82) is 0 Å². The Morgan fingerprint density at radius 3 is 0.854 bits per heavy atom. The SMILES string of the molecule is CC1(C)c2ccccc2-c2ccc(-c3ccc(-c4cc(-c5ccccc5)nc(-c5cc(-c6ccc7oc8ccccc8c7c6)cc(-c6ccc7oc8ccccc8c7c6)c5)n4)cc3)cc21.CC1(C)c2ccccc2-c2ccc(-c3ccc(-c4cc(-c5ccccc5)nc(-c5cc(-c6cccc7c6oc6ccccc67)cc(-c6cccc7c6oc6ccccc67)c5)n4)cc3)cc21. The Bertz CT molecular complexity index is 8460. The fraction of sp³-hybridized carbons (Fsp3) is 0.0492. The third kappa shape index (κ3) is 12.8. The summed E-state index contributed by atoms with van der Waals surface area (Å²) in [6.07, 6.45) is 0. The smallest absolute Gasteiger partial charge is 0.160 e. The fourth-order valence-electron chi connectivity index (χ4n) is 20.3. The molecule has 130 heavy (non-hydrogen) atoms. The Morgan fingerprint density at radius 2 is 0.438 bits per heavy atom. The summed E-state index contributed by atoms with van der Waals surface area (Å²) in [5.41, 5.74) is 39.9. The van der Waals surface area contributed by atoms with Gasteiger partial charge in [0.05, 0.1) is 22.8 Å². The van der Waals surface area contributed by atoms with Crippen molar-refractivity contribution in [3.05, 3.63) is 435 Å². The second kappa shape index (κ2) is 30.0. The first kappa shape index (κ1) is 75.8. The third-order valence-corrected chi connectivity index (χ3v) is 27.0. The van der Waals surface area contributed by atoms with Crippen molar-refractivity contribution in [2.24, 2.45) is 0 Å². The summed E-state index contributed by atoms with van der Waals surface area (Å²) in [4.78, 5) is 21.4. The average molecular weight is 1670 g/mol. The highest BCUT2D eigenvalue weighted by Gasteiger charge is 2.37. The molecule has 0 amide bonds. The number of fused-ring (bicyclic) bond motifs is 18. The molecule has 0 radical (unpaired) electrons. The molecule has 0 fully saturated rings. The highest BCUT2D eigenvalue weighted by Crippen LogP contribution is 2.53. The summed E-state index contributed by atoms with van der Waals surface area (Å²) in [5.74, 6) is 1.28. The van der Waals surface area contributed by atoms with Gasteiger partial charge in [0.15, 0.2) is 11.6 Å². The lowest BCUT2D eigenvalue weighted by atomic mass is 9.81. The molecule has 612 valence electrons. The highest BCUT2D eigenvalue weighted by molar-refractivity contribution is 6.13. The van der Waals surface area contributed by atoms with E-state index in [1.165, 1.54) is 61.2 Å². The molecule has 0 saturated heterocycles. The topological polar surface area (TPSA) is 104 Å². The van der Waals surface area contributed by atoms with E-state index in [4.69, 9.17) is 37.6 Å².